The average Bonchev–Trinajstić information content (AvgIpc) is 2.12. The molecule has 0 N–H and O–H groups in total. The van der Waals surface area contributed by atoms with Gasteiger partial charge in [0.05, 0.1) is 12.0 Å². The first-order chi connectivity index (χ1) is 6.61. The SMILES string of the molecule is Cc1cc(C)nc(SCC(C)C#N)n1. The molecule has 1 rings (SSSR count). The second kappa shape index (κ2) is 4.97. The molecule has 1 aromatic rings. The van der Waals surface area contributed by atoms with Crippen LogP contribution in [0.3, 0.4) is 0 Å². The first-order valence-electron chi connectivity index (χ1n) is 4.46. The van der Waals surface area contributed by atoms with Gasteiger partial charge < -0.3 is 0 Å². The molecule has 14 heavy (non-hydrogen) atoms. The highest BCUT2D eigenvalue weighted by Gasteiger charge is 2.04. The lowest BCUT2D eigenvalue weighted by molar-refractivity contribution is 0.849. The van der Waals surface area contributed by atoms with Gasteiger partial charge in [-0.25, -0.2) is 9.97 Å². The van der Waals surface area contributed by atoms with Crippen LogP contribution >= 0.6 is 11.8 Å². The van der Waals surface area contributed by atoms with Gasteiger partial charge in [-0.2, -0.15) is 5.26 Å². The van der Waals surface area contributed by atoms with Crippen molar-refractivity contribution in [2.24, 2.45) is 5.92 Å². The van der Waals surface area contributed by atoms with Crippen LogP contribution in [-0.2, 0) is 0 Å². The minimum atomic E-state index is 0.0458. The maximum atomic E-state index is 8.62. The average molecular weight is 207 g/mol. The van der Waals surface area contributed by atoms with Gasteiger partial charge >= 0.3 is 0 Å². The fourth-order valence-corrected chi connectivity index (χ4v) is 1.89. The van der Waals surface area contributed by atoms with Crippen LogP contribution in [0.1, 0.15) is 18.3 Å². The van der Waals surface area contributed by atoms with Crippen LogP contribution in [0.5, 0.6) is 0 Å². The Hall–Kier alpha value is -1.08. The Morgan fingerprint density at radius 2 is 2.00 bits per heavy atom. The van der Waals surface area contributed by atoms with Crippen LogP contribution in [0.2, 0.25) is 0 Å². The van der Waals surface area contributed by atoms with Gasteiger partial charge in [0.15, 0.2) is 5.16 Å². The van der Waals surface area contributed by atoms with Crippen molar-refractivity contribution in [1.82, 2.24) is 9.97 Å². The van der Waals surface area contributed by atoms with Crippen molar-refractivity contribution in [3.8, 4) is 6.07 Å². The minimum absolute atomic E-state index is 0.0458. The molecule has 1 unspecified atom stereocenters. The lowest BCUT2D eigenvalue weighted by Gasteiger charge is -2.03. The van der Waals surface area contributed by atoms with Gasteiger partial charge in [0.2, 0.25) is 0 Å². The van der Waals surface area contributed by atoms with E-state index in [0.717, 1.165) is 22.3 Å². The van der Waals surface area contributed by atoms with Crippen molar-refractivity contribution < 1.29 is 0 Å². The number of hydrogen-bond donors (Lipinski definition) is 0. The fraction of sp³-hybridized carbons (Fsp3) is 0.500. The molecule has 3 nitrogen and oxygen atoms in total. The van der Waals surface area contributed by atoms with Crippen LogP contribution in [-0.4, -0.2) is 15.7 Å². The van der Waals surface area contributed by atoms with Crippen molar-refractivity contribution in [2.45, 2.75) is 25.9 Å². The molecule has 0 aliphatic carbocycles. The molecule has 0 spiro atoms. The van der Waals surface area contributed by atoms with Crippen molar-refractivity contribution in [3.05, 3.63) is 17.5 Å². The zero-order valence-electron chi connectivity index (χ0n) is 8.61. The summed E-state index contributed by atoms with van der Waals surface area (Å²) in [6, 6.07) is 4.13. The second-order valence-corrected chi connectivity index (χ2v) is 4.26. The van der Waals surface area contributed by atoms with E-state index in [9.17, 15) is 0 Å². The first-order valence-corrected chi connectivity index (χ1v) is 5.45. The molecule has 0 bridgehead atoms. The van der Waals surface area contributed by atoms with E-state index < -0.39 is 0 Å². The summed E-state index contributed by atoms with van der Waals surface area (Å²) in [4.78, 5) is 8.57. The lowest BCUT2D eigenvalue weighted by atomic mass is 10.3. The van der Waals surface area contributed by atoms with Crippen LogP contribution in [0, 0.1) is 31.1 Å². The molecule has 4 heteroatoms. The van der Waals surface area contributed by atoms with Crippen molar-refractivity contribution >= 4 is 11.8 Å². The van der Waals surface area contributed by atoms with Crippen LogP contribution in [0.4, 0.5) is 0 Å². The topological polar surface area (TPSA) is 49.6 Å². The third-order valence-corrected chi connectivity index (χ3v) is 2.75. The summed E-state index contributed by atoms with van der Waals surface area (Å²) in [5, 5.41) is 9.39. The Balaban J connectivity index is 2.64. The molecule has 0 aliphatic heterocycles. The first kappa shape index (κ1) is 11.0. The number of aromatic nitrogens is 2. The van der Waals surface area contributed by atoms with Gasteiger partial charge in [-0.15, -0.1) is 0 Å². The van der Waals surface area contributed by atoms with Crippen molar-refractivity contribution in [3.63, 3.8) is 0 Å². The fourth-order valence-electron chi connectivity index (χ4n) is 0.995. The van der Waals surface area contributed by atoms with Crippen molar-refractivity contribution in [1.29, 1.82) is 5.26 Å². The zero-order chi connectivity index (χ0) is 10.6. The molecule has 0 fully saturated rings. The maximum absolute atomic E-state index is 8.62. The zero-order valence-corrected chi connectivity index (χ0v) is 9.43. The predicted molar refractivity (Wildman–Crippen MR) is 57.0 cm³/mol. The van der Waals surface area contributed by atoms with Crippen LogP contribution in [0.25, 0.3) is 0 Å². The molecular weight excluding hydrogens is 194 g/mol. The van der Waals surface area contributed by atoms with E-state index in [-0.39, 0.29) is 5.92 Å². The summed E-state index contributed by atoms with van der Waals surface area (Å²) in [6.07, 6.45) is 0. The number of nitriles is 1. The Kier molecular flexibility index (Phi) is 3.90. The highest BCUT2D eigenvalue weighted by molar-refractivity contribution is 7.99. The van der Waals surface area contributed by atoms with Gasteiger partial charge in [-0.1, -0.05) is 11.8 Å². The third-order valence-electron chi connectivity index (χ3n) is 1.64. The largest absolute Gasteiger partial charge is 0.228 e. The van der Waals surface area contributed by atoms with E-state index in [4.69, 9.17) is 5.26 Å². The van der Waals surface area contributed by atoms with E-state index in [1.807, 2.05) is 26.8 Å². The normalized spacial score (nSPS) is 12.1. The van der Waals surface area contributed by atoms with E-state index in [0.29, 0.717) is 0 Å². The quantitative estimate of drug-likeness (QED) is 0.564. The highest BCUT2D eigenvalue weighted by Crippen LogP contribution is 2.16. The summed E-state index contributed by atoms with van der Waals surface area (Å²) >= 11 is 1.54. The van der Waals surface area contributed by atoms with Crippen molar-refractivity contribution in [2.75, 3.05) is 5.75 Å². The molecule has 0 amide bonds. The number of rotatable bonds is 3. The molecule has 0 saturated heterocycles. The van der Waals surface area contributed by atoms with Crippen LogP contribution < -0.4 is 0 Å². The lowest BCUT2D eigenvalue weighted by Crippen LogP contribution is -1.97. The van der Waals surface area contributed by atoms with E-state index in [2.05, 4.69) is 16.0 Å². The van der Waals surface area contributed by atoms with E-state index in [1.54, 1.807) is 0 Å². The molecule has 1 atom stereocenters. The van der Waals surface area contributed by atoms with Gasteiger partial charge in [-0.3, -0.25) is 0 Å². The monoisotopic (exact) mass is 207 g/mol. The Bertz CT molecular complexity index is 337. The maximum Gasteiger partial charge on any atom is 0.188 e. The Morgan fingerprint density at radius 1 is 1.43 bits per heavy atom. The minimum Gasteiger partial charge on any atom is -0.228 e. The standard InChI is InChI=1S/C10H13N3S/c1-7(5-11)6-14-10-12-8(2)4-9(3)13-10/h4,7H,6H2,1-3H3. The van der Waals surface area contributed by atoms with E-state index in [1.165, 1.54) is 11.8 Å². The molecule has 0 radical (unpaired) electrons. The Labute approximate surface area is 88.6 Å². The summed E-state index contributed by atoms with van der Waals surface area (Å²) in [5.41, 5.74) is 1.95. The van der Waals surface area contributed by atoms with Crippen LogP contribution in [0.15, 0.2) is 11.2 Å². The number of aryl methyl sites for hydroxylation is 2. The number of hydrogen-bond acceptors (Lipinski definition) is 4. The number of nitrogens with zero attached hydrogens (tertiary/aromatic N) is 3. The van der Waals surface area contributed by atoms with Gasteiger partial charge in [-0.05, 0) is 26.8 Å². The van der Waals surface area contributed by atoms with Gasteiger partial charge in [0.1, 0.15) is 0 Å². The highest BCUT2D eigenvalue weighted by atomic mass is 32.2. The summed E-state index contributed by atoms with van der Waals surface area (Å²) in [6.45, 7) is 5.80. The smallest absolute Gasteiger partial charge is 0.188 e. The molecule has 1 heterocycles. The summed E-state index contributed by atoms with van der Waals surface area (Å²) < 4.78 is 0. The van der Waals surface area contributed by atoms with Gasteiger partial charge in [0.25, 0.3) is 0 Å². The van der Waals surface area contributed by atoms with E-state index >= 15 is 0 Å². The molecule has 0 aliphatic rings. The summed E-state index contributed by atoms with van der Waals surface area (Å²) in [5.74, 6) is 0.795. The second-order valence-electron chi connectivity index (χ2n) is 3.27. The Morgan fingerprint density at radius 3 is 2.50 bits per heavy atom. The molecule has 74 valence electrons. The predicted octanol–water partition coefficient (Wildman–Crippen LogP) is 2.35. The molecule has 0 saturated carbocycles. The third kappa shape index (κ3) is 3.35. The molecular formula is C10H13N3S. The van der Waals surface area contributed by atoms with Gasteiger partial charge in [0, 0.05) is 17.1 Å². The number of thioether (sulfide) groups is 1. The summed E-state index contributed by atoms with van der Waals surface area (Å²) in [7, 11) is 0. The molecule has 1 aromatic heterocycles. The molecule has 0 aromatic carbocycles.